The minimum Gasteiger partial charge on any atom is -0.489 e. The van der Waals surface area contributed by atoms with Crippen molar-refractivity contribution in [3.63, 3.8) is 0 Å². The summed E-state index contributed by atoms with van der Waals surface area (Å²) < 4.78 is 10.4. The lowest BCUT2D eigenvalue weighted by Crippen LogP contribution is -2.46. The van der Waals surface area contributed by atoms with Gasteiger partial charge in [-0.25, -0.2) is 0 Å². The molecule has 3 aromatic rings. The quantitative estimate of drug-likeness (QED) is 0.502. The van der Waals surface area contributed by atoms with E-state index >= 15 is 0 Å². The van der Waals surface area contributed by atoms with Crippen molar-refractivity contribution in [1.82, 2.24) is 16.2 Å². The van der Waals surface area contributed by atoms with E-state index in [2.05, 4.69) is 16.2 Å². The average Bonchev–Trinajstić information content (AvgIpc) is 3.31. The molecule has 1 aromatic heterocycles. The molecule has 0 radical (unpaired) electrons. The summed E-state index contributed by atoms with van der Waals surface area (Å²) in [7, 11) is 0. The highest BCUT2D eigenvalue weighted by Crippen LogP contribution is 2.17. The molecule has 0 atom stereocenters. The van der Waals surface area contributed by atoms with Gasteiger partial charge in [0.05, 0.1) is 18.4 Å². The third kappa shape index (κ3) is 6.11. The predicted octanol–water partition coefficient (Wildman–Crippen LogP) is 2.70. The van der Waals surface area contributed by atoms with E-state index in [4.69, 9.17) is 20.8 Å². The first kappa shape index (κ1) is 20.9. The van der Waals surface area contributed by atoms with Gasteiger partial charge in [-0.15, -0.1) is 0 Å². The molecular weight excluding hydrogens is 410 g/mol. The first-order valence-corrected chi connectivity index (χ1v) is 9.26. The molecule has 1 heterocycles. The van der Waals surface area contributed by atoms with Crippen molar-refractivity contribution in [2.45, 2.75) is 6.61 Å². The van der Waals surface area contributed by atoms with Crippen molar-refractivity contribution in [1.29, 1.82) is 0 Å². The molecule has 9 heteroatoms. The Morgan fingerprint density at radius 1 is 0.867 bits per heavy atom. The van der Waals surface area contributed by atoms with E-state index in [-0.39, 0.29) is 6.54 Å². The first-order chi connectivity index (χ1) is 14.5. The van der Waals surface area contributed by atoms with Crippen LogP contribution in [-0.2, 0) is 11.4 Å². The van der Waals surface area contributed by atoms with Crippen LogP contribution in [0.2, 0.25) is 5.02 Å². The lowest BCUT2D eigenvalue weighted by Gasteiger charge is -2.09. The highest BCUT2D eigenvalue weighted by molar-refractivity contribution is 6.30. The summed E-state index contributed by atoms with van der Waals surface area (Å²) >= 11 is 5.83. The maximum absolute atomic E-state index is 12.1. The summed E-state index contributed by atoms with van der Waals surface area (Å²) in [6.45, 7) is 0.0297. The van der Waals surface area contributed by atoms with E-state index < -0.39 is 17.7 Å². The topological polar surface area (TPSA) is 110 Å². The van der Waals surface area contributed by atoms with Gasteiger partial charge in [-0.2, -0.15) is 0 Å². The fourth-order valence-corrected chi connectivity index (χ4v) is 2.47. The van der Waals surface area contributed by atoms with Gasteiger partial charge >= 0.3 is 0 Å². The Morgan fingerprint density at radius 2 is 1.60 bits per heavy atom. The van der Waals surface area contributed by atoms with E-state index in [0.717, 1.165) is 5.56 Å². The summed E-state index contributed by atoms with van der Waals surface area (Å²) in [6, 6.07) is 15.2. The van der Waals surface area contributed by atoms with Gasteiger partial charge < -0.3 is 14.5 Å². The molecule has 0 bridgehead atoms. The van der Waals surface area contributed by atoms with E-state index in [1.54, 1.807) is 48.5 Å². The third-order valence-corrected chi connectivity index (χ3v) is 4.20. The smallest absolute Gasteiger partial charge is 0.269 e. The highest BCUT2D eigenvalue weighted by atomic mass is 35.5. The van der Waals surface area contributed by atoms with Crippen LogP contribution in [-0.4, -0.2) is 24.3 Å². The summed E-state index contributed by atoms with van der Waals surface area (Å²) in [6.07, 6.45) is 2.61. The molecule has 0 aliphatic rings. The zero-order valence-electron chi connectivity index (χ0n) is 15.7. The van der Waals surface area contributed by atoms with Crippen molar-refractivity contribution in [2.24, 2.45) is 0 Å². The number of furan rings is 1. The molecule has 2 aromatic carbocycles. The van der Waals surface area contributed by atoms with E-state index in [0.29, 0.717) is 28.5 Å². The van der Waals surface area contributed by atoms with Gasteiger partial charge in [-0.05, 0) is 48.0 Å². The Kier molecular flexibility index (Phi) is 7.07. The Morgan fingerprint density at radius 3 is 2.27 bits per heavy atom. The van der Waals surface area contributed by atoms with E-state index in [9.17, 15) is 14.4 Å². The van der Waals surface area contributed by atoms with Crippen molar-refractivity contribution in [3.8, 4) is 5.75 Å². The van der Waals surface area contributed by atoms with Crippen molar-refractivity contribution >= 4 is 29.3 Å². The molecule has 0 unspecified atom stereocenters. The number of amides is 3. The Balaban J connectivity index is 1.41. The Labute approximate surface area is 177 Å². The maximum Gasteiger partial charge on any atom is 0.269 e. The monoisotopic (exact) mass is 427 g/mol. The van der Waals surface area contributed by atoms with Crippen LogP contribution in [0.3, 0.4) is 0 Å². The zero-order chi connectivity index (χ0) is 21.3. The fourth-order valence-electron chi connectivity index (χ4n) is 2.35. The van der Waals surface area contributed by atoms with Crippen molar-refractivity contribution in [2.75, 3.05) is 6.54 Å². The molecule has 3 amide bonds. The minimum atomic E-state index is -0.576. The summed E-state index contributed by atoms with van der Waals surface area (Å²) in [4.78, 5) is 35.6. The van der Waals surface area contributed by atoms with Crippen molar-refractivity contribution < 1.29 is 23.5 Å². The van der Waals surface area contributed by atoms with Crippen LogP contribution in [0, 0.1) is 0 Å². The van der Waals surface area contributed by atoms with Crippen LogP contribution in [0.5, 0.6) is 5.75 Å². The number of carbonyl (C=O) groups is 3. The molecule has 0 saturated carbocycles. The van der Waals surface area contributed by atoms with Crippen LogP contribution in [0.25, 0.3) is 0 Å². The lowest BCUT2D eigenvalue weighted by molar-refractivity contribution is -0.120. The number of nitrogens with one attached hydrogen (secondary N) is 3. The van der Waals surface area contributed by atoms with Gasteiger partial charge in [0.1, 0.15) is 18.6 Å². The number of rotatable bonds is 7. The summed E-state index contributed by atoms with van der Waals surface area (Å²) in [5.74, 6) is -0.840. The second kappa shape index (κ2) is 10.1. The molecule has 30 heavy (non-hydrogen) atoms. The zero-order valence-corrected chi connectivity index (χ0v) is 16.4. The van der Waals surface area contributed by atoms with E-state index in [1.807, 2.05) is 0 Å². The molecule has 3 rings (SSSR count). The number of ether oxygens (including phenoxy) is 1. The maximum atomic E-state index is 12.1. The van der Waals surface area contributed by atoms with E-state index in [1.165, 1.54) is 18.6 Å². The number of benzene rings is 2. The van der Waals surface area contributed by atoms with Crippen LogP contribution >= 0.6 is 11.6 Å². The van der Waals surface area contributed by atoms with Crippen molar-refractivity contribution in [3.05, 3.63) is 88.8 Å². The SMILES string of the molecule is O=C(CNC(=O)c1ccoc1)NNC(=O)c1ccc(COc2ccc(Cl)cc2)cc1. The molecule has 154 valence electrons. The standard InChI is InChI=1S/C21H18ClN3O5/c22-17-5-7-18(8-6-17)30-12-14-1-3-15(4-2-14)21(28)25-24-19(26)11-23-20(27)16-9-10-29-13-16/h1-10,13H,11-12H2,(H,23,27)(H,24,26)(H,25,28). The number of hydrogen-bond acceptors (Lipinski definition) is 5. The summed E-state index contributed by atoms with van der Waals surface area (Å²) in [5.41, 5.74) is 6.04. The molecule has 0 aliphatic carbocycles. The number of hydrazine groups is 1. The molecule has 0 saturated heterocycles. The molecule has 0 spiro atoms. The Bertz CT molecular complexity index is 1000. The lowest BCUT2D eigenvalue weighted by atomic mass is 10.1. The van der Waals surface area contributed by atoms with Gasteiger partial charge in [0.15, 0.2) is 0 Å². The van der Waals surface area contributed by atoms with Gasteiger partial charge in [-0.1, -0.05) is 23.7 Å². The number of halogens is 1. The molecular formula is C21H18ClN3O5. The normalized spacial score (nSPS) is 10.2. The first-order valence-electron chi connectivity index (χ1n) is 8.88. The van der Waals surface area contributed by atoms with Gasteiger partial charge in [0.2, 0.25) is 0 Å². The average molecular weight is 428 g/mol. The number of carbonyl (C=O) groups excluding carboxylic acids is 3. The summed E-state index contributed by atoms with van der Waals surface area (Å²) in [5, 5.41) is 3.03. The highest BCUT2D eigenvalue weighted by Gasteiger charge is 2.10. The molecule has 8 nitrogen and oxygen atoms in total. The van der Waals surface area contributed by atoms with Gasteiger partial charge in [0.25, 0.3) is 17.7 Å². The molecule has 3 N–H and O–H groups in total. The molecule has 0 fully saturated rings. The van der Waals surface area contributed by atoms with Crippen LogP contribution in [0.15, 0.2) is 71.5 Å². The van der Waals surface area contributed by atoms with Gasteiger partial charge in [-0.3, -0.25) is 25.2 Å². The largest absolute Gasteiger partial charge is 0.489 e. The van der Waals surface area contributed by atoms with Gasteiger partial charge in [0, 0.05) is 10.6 Å². The third-order valence-electron chi connectivity index (χ3n) is 3.94. The second-order valence-electron chi connectivity index (χ2n) is 6.14. The predicted molar refractivity (Wildman–Crippen MR) is 109 cm³/mol. The van der Waals surface area contributed by atoms with Crippen LogP contribution < -0.4 is 20.9 Å². The Hall–Kier alpha value is -3.78. The van der Waals surface area contributed by atoms with Crippen LogP contribution in [0.1, 0.15) is 26.3 Å². The molecule has 0 aliphatic heterocycles. The fraction of sp³-hybridized carbons (Fsp3) is 0.0952. The van der Waals surface area contributed by atoms with Crippen LogP contribution in [0.4, 0.5) is 0 Å². The number of hydrogen-bond donors (Lipinski definition) is 3. The minimum absolute atomic E-state index is 0.298. The second-order valence-corrected chi connectivity index (χ2v) is 6.57.